The van der Waals surface area contributed by atoms with Crippen molar-refractivity contribution in [1.29, 1.82) is 0 Å². The second-order valence-corrected chi connectivity index (χ2v) is 5.53. The normalized spacial score (nSPS) is 24.6. The van der Waals surface area contributed by atoms with E-state index in [1.165, 1.54) is 50.0 Å². The fourth-order valence-electron chi connectivity index (χ4n) is 3.59. The zero-order valence-electron chi connectivity index (χ0n) is 11.2. The molecule has 3 N–H and O–H groups in total. The summed E-state index contributed by atoms with van der Waals surface area (Å²) in [5.41, 5.74) is 2.96. The summed E-state index contributed by atoms with van der Waals surface area (Å²) < 4.78 is 5.61. The number of hydrogen-bond donors (Lipinski definition) is 2. The van der Waals surface area contributed by atoms with Gasteiger partial charge in [0.2, 0.25) is 0 Å². The van der Waals surface area contributed by atoms with Gasteiger partial charge in [-0.25, -0.2) is 0 Å². The third-order valence-electron chi connectivity index (χ3n) is 4.48. The van der Waals surface area contributed by atoms with E-state index in [4.69, 9.17) is 4.74 Å². The number of quaternary nitrogens is 2. The molecule has 3 heteroatoms. The smallest absolute Gasteiger partial charge is 0.167 e. The highest BCUT2D eigenvalue weighted by Crippen LogP contribution is 2.28. The molecule has 0 aromatic heterocycles. The van der Waals surface area contributed by atoms with Crippen LogP contribution in [-0.4, -0.2) is 26.7 Å². The fraction of sp³-hybridized carbons (Fsp3) is 0.600. The van der Waals surface area contributed by atoms with Crippen LogP contribution >= 0.6 is 0 Å². The Balaban J connectivity index is 1.94. The standard InChI is InChI=1S/C15H22N2O/c1-18-14-7-5-6-12-10-16-11-13(15(12)14)17-8-3-2-4-9-17/h5-7,13,16H,2-4,8-11H2,1H3/p+2/t13-/m0/s1. The second kappa shape index (κ2) is 5.29. The van der Waals surface area contributed by atoms with Crippen molar-refractivity contribution in [2.75, 3.05) is 26.7 Å². The molecule has 2 heterocycles. The van der Waals surface area contributed by atoms with Crippen LogP contribution in [0.15, 0.2) is 18.2 Å². The summed E-state index contributed by atoms with van der Waals surface area (Å²) >= 11 is 0. The van der Waals surface area contributed by atoms with Crippen molar-refractivity contribution in [3.63, 3.8) is 0 Å². The molecule has 0 radical (unpaired) electrons. The van der Waals surface area contributed by atoms with Crippen LogP contribution in [0.3, 0.4) is 0 Å². The number of piperidine rings is 1. The van der Waals surface area contributed by atoms with E-state index in [9.17, 15) is 0 Å². The molecule has 1 aromatic carbocycles. The number of nitrogens with two attached hydrogens (primary N) is 1. The Hall–Kier alpha value is -1.06. The summed E-state index contributed by atoms with van der Waals surface area (Å²) in [6.07, 6.45) is 4.19. The zero-order valence-corrected chi connectivity index (χ0v) is 11.2. The van der Waals surface area contributed by atoms with Crippen LogP contribution in [0.1, 0.15) is 36.4 Å². The molecule has 0 aliphatic carbocycles. The Labute approximate surface area is 109 Å². The highest BCUT2D eigenvalue weighted by molar-refractivity contribution is 5.42. The molecular formula is C15H24N2O+2. The maximum absolute atomic E-state index is 5.61. The molecule has 18 heavy (non-hydrogen) atoms. The van der Waals surface area contributed by atoms with Gasteiger partial charge < -0.3 is 15.0 Å². The van der Waals surface area contributed by atoms with Gasteiger partial charge in [0.25, 0.3) is 0 Å². The van der Waals surface area contributed by atoms with Crippen LogP contribution in [0, 0.1) is 0 Å². The summed E-state index contributed by atoms with van der Waals surface area (Å²) in [4.78, 5) is 1.77. The highest BCUT2D eigenvalue weighted by atomic mass is 16.5. The minimum atomic E-state index is 0.630. The third kappa shape index (κ3) is 2.13. The van der Waals surface area contributed by atoms with Crippen LogP contribution < -0.4 is 15.0 Å². The molecule has 1 fully saturated rings. The number of benzene rings is 1. The first-order valence-electron chi connectivity index (χ1n) is 7.22. The molecule has 0 spiro atoms. The van der Waals surface area contributed by atoms with E-state index in [1.807, 2.05) is 0 Å². The van der Waals surface area contributed by atoms with E-state index < -0.39 is 0 Å². The van der Waals surface area contributed by atoms with E-state index >= 15 is 0 Å². The van der Waals surface area contributed by atoms with Crippen molar-refractivity contribution >= 4 is 0 Å². The van der Waals surface area contributed by atoms with Crippen molar-refractivity contribution in [3.8, 4) is 5.75 Å². The number of ether oxygens (including phenoxy) is 1. The molecule has 1 aromatic rings. The lowest BCUT2D eigenvalue weighted by Gasteiger charge is -2.34. The van der Waals surface area contributed by atoms with Gasteiger partial charge in [0.05, 0.1) is 25.8 Å². The van der Waals surface area contributed by atoms with Gasteiger partial charge in [-0.1, -0.05) is 12.1 Å². The molecular weight excluding hydrogens is 224 g/mol. The number of hydrogen-bond acceptors (Lipinski definition) is 1. The van der Waals surface area contributed by atoms with Gasteiger partial charge in [-0.3, -0.25) is 0 Å². The molecule has 3 nitrogen and oxygen atoms in total. The Bertz CT molecular complexity index is 399. The lowest BCUT2D eigenvalue weighted by atomic mass is 9.93. The predicted molar refractivity (Wildman–Crippen MR) is 70.8 cm³/mol. The number of fused-ring (bicyclic) bond motifs is 1. The largest absolute Gasteiger partial charge is 0.496 e. The van der Waals surface area contributed by atoms with Crippen molar-refractivity contribution in [2.24, 2.45) is 0 Å². The van der Waals surface area contributed by atoms with Gasteiger partial charge in [0.1, 0.15) is 18.8 Å². The van der Waals surface area contributed by atoms with Gasteiger partial charge in [-0.05, 0) is 25.3 Å². The topological polar surface area (TPSA) is 30.3 Å². The summed E-state index contributed by atoms with van der Waals surface area (Å²) in [6.45, 7) is 4.98. The fourth-order valence-corrected chi connectivity index (χ4v) is 3.59. The first kappa shape index (κ1) is 12.0. The number of rotatable bonds is 2. The van der Waals surface area contributed by atoms with Gasteiger partial charge in [0, 0.05) is 5.56 Å². The van der Waals surface area contributed by atoms with E-state index in [2.05, 4.69) is 23.5 Å². The quantitative estimate of drug-likeness (QED) is 0.751. The Kier molecular flexibility index (Phi) is 3.52. The number of nitrogens with one attached hydrogen (secondary N) is 1. The van der Waals surface area contributed by atoms with Crippen LogP contribution in [0.2, 0.25) is 0 Å². The lowest BCUT2D eigenvalue weighted by molar-refractivity contribution is -0.952. The highest BCUT2D eigenvalue weighted by Gasteiger charge is 2.34. The molecule has 2 aliphatic rings. The Morgan fingerprint density at radius 1 is 1.22 bits per heavy atom. The van der Waals surface area contributed by atoms with Crippen molar-refractivity contribution in [3.05, 3.63) is 29.3 Å². The molecule has 0 bridgehead atoms. The average Bonchev–Trinajstić information content (AvgIpc) is 2.47. The molecule has 0 unspecified atom stereocenters. The van der Waals surface area contributed by atoms with E-state index in [0.29, 0.717) is 6.04 Å². The summed E-state index contributed by atoms with van der Waals surface area (Å²) in [7, 11) is 1.80. The molecule has 98 valence electrons. The van der Waals surface area contributed by atoms with E-state index in [-0.39, 0.29) is 0 Å². The van der Waals surface area contributed by atoms with Crippen molar-refractivity contribution in [2.45, 2.75) is 31.8 Å². The van der Waals surface area contributed by atoms with E-state index in [1.54, 1.807) is 12.0 Å². The Morgan fingerprint density at radius 3 is 2.83 bits per heavy atom. The SMILES string of the molecule is COc1cccc2c1[C@@H]([NH+]1CCCCC1)C[NH2+]C2. The van der Waals surface area contributed by atoms with Gasteiger partial charge in [0.15, 0.2) is 6.04 Å². The first-order valence-corrected chi connectivity index (χ1v) is 7.22. The molecule has 0 saturated carbocycles. The molecule has 1 atom stereocenters. The lowest BCUT2D eigenvalue weighted by Crippen LogP contribution is -3.16. The summed E-state index contributed by atoms with van der Waals surface area (Å²) in [5, 5.41) is 2.45. The van der Waals surface area contributed by atoms with E-state index in [0.717, 1.165) is 12.3 Å². The van der Waals surface area contributed by atoms with Crippen molar-refractivity contribution in [1.82, 2.24) is 0 Å². The molecule has 1 saturated heterocycles. The van der Waals surface area contributed by atoms with Gasteiger partial charge in [-0.15, -0.1) is 0 Å². The Morgan fingerprint density at radius 2 is 2.06 bits per heavy atom. The maximum atomic E-state index is 5.61. The monoisotopic (exact) mass is 248 g/mol. The predicted octanol–water partition coefficient (Wildman–Crippen LogP) is -0.118. The van der Waals surface area contributed by atoms with Crippen LogP contribution in [0.25, 0.3) is 0 Å². The minimum absolute atomic E-state index is 0.630. The minimum Gasteiger partial charge on any atom is -0.496 e. The molecule has 2 aliphatic heterocycles. The summed E-state index contributed by atoms with van der Waals surface area (Å²) in [6, 6.07) is 7.15. The first-order chi connectivity index (χ1) is 8.90. The zero-order chi connectivity index (χ0) is 12.4. The van der Waals surface area contributed by atoms with Gasteiger partial charge >= 0.3 is 0 Å². The molecule has 0 amide bonds. The molecule has 3 rings (SSSR count). The third-order valence-corrected chi connectivity index (χ3v) is 4.48. The maximum Gasteiger partial charge on any atom is 0.167 e. The average molecular weight is 248 g/mol. The van der Waals surface area contributed by atoms with Crippen LogP contribution in [-0.2, 0) is 6.54 Å². The second-order valence-electron chi connectivity index (χ2n) is 5.53. The summed E-state index contributed by atoms with van der Waals surface area (Å²) in [5.74, 6) is 1.10. The van der Waals surface area contributed by atoms with Crippen LogP contribution in [0.4, 0.5) is 0 Å². The van der Waals surface area contributed by atoms with Gasteiger partial charge in [-0.2, -0.15) is 0 Å². The van der Waals surface area contributed by atoms with Crippen molar-refractivity contribution < 1.29 is 15.0 Å². The number of likely N-dealkylation sites (tertiary alicyclic amines) is 1. The van der Waals surface area contributed by atoms with Crippen LogP contribution in [0.5, 0.6) is 5.75 Å². The number of methoxy groups -OCH3 is 1.